The van der Waals surface area contributed by atoms with Crippen molar-refractivity contribution in [2.24, 2.45) is 0 Å². The molecule has 0 saturated carbocycles. The summed E-state index contributed by atoms with van der Waals surface area (Å²) in [6, 6.07) is 58.5. The van der Waals surface area contributed by atoms with Gasteiger partial charge in [-0.1, -0.05) is 133 Å². The average molecular weight is 598 g/mol. The molecule has 10 rings (SSSR count). The van der Waals surface area contributed by atoms with E-state index in [1.807, 2.05) is 0 Å². The van der Waals surface area contributed by atoms with Gasteiger partial charge in [-0.3, -0.25) is 4.57 Å². The van der Waals surface area contributed by atoms with Crippen LogP contribution in [0.25, 0.3) is 93.4 Å². The first-order chi connectivity index (χ1) is 23.3. The predicted octanol–water partition coefficient (Wildman–Crippen LogP) is 11.5. The molecular weight excluding hydrogens is 571 g/mol. The Kier molecular flexibility index (Phi) is 5.57. The van der Waals surface area contributed by atoms with E-state index in [4.69, 9.17) is 9.97 Å². The first-order valence-corrected chi connectivity index (χ1v) is 16.0. The summed E-state index contributed by atoms with van der Waals surface area (Å²) in [5.41, 5.74) is 7.44. The van der Waals surface area contributed by atoms with Crippen LogP contribution in [-0.2, 0) is 0 Å². The van der Waals surface area contributed by atoms with Crippen LogP contribution < -0.4 is 0 Å². The Hall–Kier alpha value is -6.32. The van der Waals surface area contributed by atoms with Crippen molar-refractivity contribution >= 4 is 65.0 Å². The monoisotopic (exact) mass is 597 g/mol. The first kappa shape index (κ1) is 26.0. The molecule has 47 heavy (non-hydrogen) atoms. The molecule has 10 aromatic rings. The summed E-state index contributed by atoms with van der Waals surface area (Å²) in [6.45, 7) is 0. The van der Waals surface area contributed by atoms with Gasteiger partial charge in [0.25, 0.3) is 0 Å². The van der Waals surface area contributed by atoms with Gasteiger partial charge < -0.3 is 0 Å². The van der Waals surface area contributed by atoms with E-state index in [0.717, 1.165) is 38.8 Å². The van der Waals surface area contributed by atoms with Crippen LogP contribution in [0.3, 0.4) is 0 Å². The summed E-state index contributed by atoms with van der Waals surface area (Å²) in [5, 5.41) is 10.9. The molecule has 0 radical (unpaired) electrons. The lowest BCUT2D eigenvalue weighted by molar-refractivity contribution is 1.01. The van der Waals surface area contributed by atoms with Gasteiger partial charge in [0.1, 0.15) is 0 Å². The summed E-state index contributed by atoms with van der Waals surface area (Å²) < 4.78 is 2.26. The lowest BCUT2D eigenvalue weighted by atomic mass is 9.98. The van der Waals surface area contributed by atoms with Crippen molar-refractivity contribution in [1.29, 1.82) is 0 Å². The Labute approximate surface area is 271 Å². The molecule has 0 aliphatic heterocycles. The molecule has 0 fully saturated rings. The lowest BCUT2D eigenvalue weighted by Gasteiger charge is -2.13. The molecular formula is C44H27N3. The number of fused-ring (bicyclic) bond motifs is 9. The number of rotatable bonds is 3. The molecule has 0 saturated heterocycles. The quantitative estimate of drug-likeness (QED) is 0.203. The molecule has 3 heteroatoms. The topological polar surface area (TPSA) is 30.7 Å². The molecule has 3 nitrogen and oxygen atoms in total. The highest BCUT2D eigenvalue weighted by Crippen LogP contribution is 2.41. The van der Waals surface area contributed by atoms with Crippen LogP contribution in [-0.4, -0.2) is 14.5 Å². The highest BCUT2D eigenvalue weighted by molar-refractivity contribution is 6.28. The van der Waals surface area contributed by atoms with Crippen molar-refractivity contribution in [2.45, 2.75) is 0 Å². The third-order valence-electron chi connectivity index (χ3n) is 9.56. The SMILES string of the molecule is c1cc(-c2ccc3ccccc3c2)cc(-c2nc(-n3c4ccc5ccccc5c4c4c5ccccc5ccc43)nc3ccccc23)c1. The zero-order valence-electron chi connectivity index (χ0n) is 25.4. The molecule has 218 valence electrons. The minimum Gasteiger partial charge on any atom is -0.278 e. The maximum atomic E-state index is 5.41. The van der Waals surface area contributed by atoms with Crippen molar-refractivity contribution in [3.63, 3.8) is 0 Å². The molecule has 0 atom stereocenters. The molecule has 0 bridgehead atoms. The third-order valence-corrected chi connectivity index (χ3v) is 9.56. The Balaban J connectivity index is 1.26. The molecule has 2 aromatic heterocycles. The van der Waals surface area contributed by atoms with Crippen LogP contribution in [0.4, 0.5) is 0 Å². The summed E-state index contributed by atoms with van der Waals surface area (Å²) >= 11 is 0. The number of aromatic nitrogens is 3. The fraction of sp³-hybridized carbons (Fsp3) is 0. The van der Waals surface area contributed by atoms with Gasteiger partial charge in [-0.2, -0.15) is 0 Å². The number of hydrogen-bond acceptors (Lipinski definition) is 2. The van der Waals surface area contributed by atoms with Gasteiger partial charge in [-0.05, 0) is 73.8 Å². The molecule has 0 aliphatic rings. The predicted molar refractivity (Wildman–Crippen MR) is 197 cm³/mol. The van der Waals surface area contributed by atoms with Gasteiger partial charge in [0.15, 0.2) is 0 Å². The van der Waals surface area contributed by atoms with Crippen molar-refractivity contribution in [1.82, 2.24) is 14.5 Å². The minimum atomic E-state index is 0.667. The van der Waals surface area contributed by atoms with Gasteiger partial charge in [-0.15, -0.1) is 0 Å². The highest BCUT2D eigenvalue weighted by Gasteiger charge is 2.20. The number of hydrogen-bond donors (Lipinski definition) is 0. The molecule has 0 aliphatic carbocycles. The van der Waals surface area contributed by atoms with Crippen LogP contribution >= 0.6 is 0 Å². The fourth-order valence-electron chi connectivity index (χ4n) is 7.36. The van der Waals surface area contributed by atoms with Crippen molar-refractivity contribution in [3.05, 3.63) is 164 Å². The van der Waals surface area contributed by atoms with Gasteiger partial charge in [0.2, 0.25) is 5.95 Å². The van der Waals surface area contributed by atoms with Crippen LogP contribution in [0.2, 0.25) is 0 Å². The summed E-state index contributed by atoms with van der Waals surface area (Å²) in [4.78, 5) is 10.6. The smallest absolute Gasteiger partial charge is 0.235 e. The van der Waals surface area contributed by atoms with Crippen LogP contribution in [0.15, 0.2) is 164 Å². The van der Waals surface area contributed by atoms with E-state index >= 15 is 0 Å². The van der Waals surface area contributed by atoms with Crippen LogP contribution in [0, 0.1) is 0 Å². The Bertz CT molecular complexity index is 2770. The second-order valence-electron chi connectivity index (χ2n) is 12.2. The lowest BCUT2D eigenvalue weighted by Crippen LogP contribution is -2.03. The van der Waals surface area contributed by atoms with Crippen molar-refractivity contribution in [2.75, 3.05) is 0 Å². The van der Waals surface area contributed by atoms with Crippen LogP contribution in [0.5, 0.6) is 0 Å². The second kappa shape index (κ2) is 10.1. The maximum absolute atomic E-state index is 5.41. The number of para-hydroxylation sites is 1. The van der Waals surface area contributed by atoms with Crippen molar-refractivity contribution in [3.8, 4) is 28.3 Å². The minimum absolute atomic E-state index is 0.667. The van der Waals surface area contributed by atoms with Gasteiger partial charge in [-0.25, -0.2) is 9.97 Å². The van der Waals surface area contributed by atoms with Crippen LogP contribution in [0.1, 0.15) is 0 Å². The zero-order valence-corrected chi connectivity index (χ0v) is 25.4. The summed E-state index contributed by atoms with van der Waals surface area (Å²) in [5.74, 6) is 0.667. The Morgan fingerprint density at radius 1 is 0.362 bits per heavy atom. The largest absolute Gasteiger partial charge is 0.278 e. The van der Waals surface area contributed by atoms with E-state index in [0.29, 0.717) is 5.95 Å². The van der Waals surface area contributed by atoms with E-state index in [1.165, 1.54) is 48.7 Å². The average Bonchev–Trinajstić information content (AvgIpc) is 3.50. The maximum Gasteiger partial charge on any atom is 0.235 e. The van der Waals surface area contributed by atoms with E-state index in [9.17, 15) is 0 Å². The first-order valence-electron chi connectivity index (χ1n) is 16.0. The molecule has 0 N–H and O–H groups in total. The summed E-state index contributed by atoms with van der Waals surface area (Å²) in [6.07, 6.45) is 0. The van der Waals surface area contributed by atoms with E-state index in [1.54, 1.807) is 0 Å². The number of benzene rings is 8. The van der Waals surface area contributed by atoms with E-state index in [-0.39, 0.29) is 0 Å². The molecule has 2 heterocycles. The molecule has 8 aromatic carbocycles. The Morgan fingerprint density at radius 3 is 1.64 bits per heavy atom. The van der Waals surface area contributed by atoms with Gasteiger partial charge in [0, 0.05) is 21.7 Å². The second-order valence-corrected chi connectivity index (χ2v) is 12.2. The van der Waals surface area contributed by atoms with E-state index in [2.05, 4.69) is 168 Å². The highest BCUT2D eigenvalue weighted by atomic mass is 15.2. The molecule has 0 unspecified atom stereocenters. The standard InChI is InChI=1S/C44H27N3/c1-2-13-31-26-33(21-20-28(31)10-1)32-14-9-15-34(27-32)43-37-18-7-8-19-38(37)45-44(46-43)47-39-24-22-29-11-3-5-16-35(29)41(39)42-36-17-6-4-12-30(36)23-25-40(42)47/h1-27H. The van der Waals surface area contributed by atoms with E-state index < -0.39 is 0 Å². The number of nitrogens with zero attached hydrogens (tertiary/aromatic N) is 3. The summed E-state index contributed by atoms with van der Waals surface area (Å²) in [7, 11) is 0. The normalized spacial score (nSPS) is 11.8. The van der Waals surface area contributed by atoms with Gasteiger partial charge in [0.05, 0.1) is 22.2 Å². The molecule has 0 amide bonds. The molecule has 0 spiro atoms. The fourth-order valence-corrected chi connectivity index (χ4v) is 7.36. The van der Waals surface area contributed by atoms with Gasteiger partial charge >= 0.3 is 0 Å². The third kappa shape index (κ3) is 4.00. The van der Waals surface area contributed by atoms with Crippen molar-refractivity contribution < 1.29 is 0 Å². The Morgan fingerprint density at radius 2 is 0.915 bits per heavy atom. The zero-order chi connectivity index (χ0) is 30.9.